The second-order valence-electron chi connectivity index (χ2n) is 4.64. The highest BCUT2D eigenvalue weighted by atomic mass is 35.5. The number of benzene rings is 2. The van der Waals surface area contributed by atoms with E-state index in [1.165, 1.54) is 0 Å². The van der Waals surface area contributed by atoms with E-state index < -0.39 is 0 Å². The Bertz CT molecular complexity index is 792. The Morgan fingerprint density at radius 1 is 1.25 bits per heavy atom. The molecule has 0 aliphatic heterocycles. The van der Waals surface area contributed by atoms with E-state index in [1.807, 2.05) is 43.3 Å². The number of esters is 1. The van der Waals surface area contributed by atoms with E-state index in [9.17, 15) is 4.79 Å². The van der Waals surface area contributed by atoms with E-state index in [0.29, 0.717) is 11.6 Å². The molecule has 0 saturated heterocycles. The third kappa shape index (κ3) is 2.25. The molecule has 2 aromatic carbocycles. The maximum absolute atomic E-state index is 11.7. The van der Waals surface area contributed by atoms with E-state index in [-0.39, 0.29) is 12.4 Å². The Kier molecular flexibility index (Phi) is 3.36. The number of aromatic nitrogens is 1. The van der Waals surface area contributed by atoms with Gasteiger partial charge in [-0.1, -0.05) is 23.7 Å². The highest BCUT2D eigenvalue weighted by Gasteiger charge is 2.12. The molecule has 0 atom stereocenters. The van der Waals surface area contributed by atoms with Crippen molar-refractivity contribution in [1.29, 1.82) is 0 Å². The second kappa shape index (κ2) is 5.17. The lowest BCUT2D eigenvalue weighted by atomic mass is 10.0. The van der Waals surface area contributed by atoms with Crippen molar-refractivity contribution in [2.24, 2.45) is 0 Å². The molecule has 1 N–H and O–H groups in total. The summed E-state index contributed by atoms with van der Waals surface area (Å²) in [6.07, 6.45) is 0.268. The van der Waals surface area contributed by atoms with Crippen LogP contribution in [0.3, 0.4) is 0 Å². The quantitative estimate of drug-likeness (QED) is 0.738. The number of carbonyl (C=O) groups excluding carboxylic acids is 1. The van der Waals surface area contributed by atoms with E-state index in [1.54, 1.807) is 0 Å². The number of hydrogen-bond acceptors (Lipinski definition) is 2. The van der Waals surface area contributed by atoms with E-state index in [0.717, 1.165) is 27.4 Å². The van der Waals surface area contributed by atoms with Gasteiger partial charge in [0.2, 0.25) is 0 Å². The molecule has 3 aromatic rings. The van der Waals surface area contributed by atoms with Gasteiger partial charge in [-0.05, 0) is 36.8 Å². The summed E-state index contributed by atoms with van der Waals surface area (Å²) in [7, 11) is 0. The Labute approximate surface area is 121 Å². The fourth-order valence-corrected chi connectivity index (χ4v) is 2.69. The Morgan fingerprint density at radius 2 is 2.10 bits per heavy atom. The van der Waals surface area contributed by atoms with E-state index in [2.05, 4.69) is 4.98 Å². The van der Waals surface area contributed by atoms with Crippen LogP contribution in [0.4, 0.5) is 0 Å². The van der Waals surface area contributed by atoms with Crippen molar-refractivity contribution in [1.82, 2.24) is 4.98 Å². The largest absolute Gasteiger partial charge is 0.466 e. The second-order valence-corrected chi connectivity index (χ2v) is 5.07. The molecule has 4 heteroatoms. The average molecular weight is 288 g/mol. The van der Waals surface area contributed by atoms with Gasteiger partial charge in [0.25, 0.3) is 0 Å². The minimum atomic E-state index is -0.212. The average Bonchev–Trinajstić information content (AvgIpc) is 2.77. The van der Waals surface area contributed by atoms with Gasteiger partial charge in [-0.3, -0.25) is 4.79 Å². The monoisotopic (exact) mass is 287 g/mol. The van der Waals surface area contributed by atoms with Gasteiger partial charge in [-0.25, -0.2) is 0 Å². The molecule has 0 aliphatic carbocycles. The highest BCUT2D eigenvalue weighted by Crippen LogP contribution is 2.30. The summed E-state index contributed by atoms with van der Waals surface area (Å²) >= 11 is 6.08. The van der Waals surface area contributed by atoms with Gasteiger partial charge < -0.3 is 9.72 Å². The van der Waals surface area contributed by atoms with Crippen LogP contribution in [-0.4, -0.2) is 17.6 Å². The van der Waals surface area contributed by atoms with Gasteiger partial charge in [-0.15, -0.1) is 0 Å². The zero-order chi connectivity index (χ0) is 14.1. The highest BCUT2D eigenvalue weighted by molar-refractivity contribution is 6.31. The molecule has 0 aliphatic rings. The summed E-state index contributed by atoms with van der Waals surface area (Å²) in [5.74, 6) is -0.212. The third-order valence-electron chi connectivity index (χ3n) is 3.31. The number of ether oxygens (including phenoxy) is 1. The number of aromatic amines is 1. The number of fused-ring (bicyclic) bond motifs is 3. The lowest BCUT2D eigenvalue weighted by Gasteiger charge is -2.04. The van der Waals surface area contributed by atoms with Crippen molar-refractivity contribution >= 4 is 39.4 Å². The predicted molar refractivity (Wildman–Crippen MR) is 81.2 cm³/mol. The molecule has 0 radical (unpaired) electrons. The molecule has 0 saturated carbocycles. The standard InChI is InChI=1S/C16H14ClNO2/c1-2-20-15(19)8-10-4-3-5-14-16(10)12-9-11(17)6-7-13(12)18-14/h3-7,9,18H,2,8H2,1H3. The molecule has 0 spiro atoms. The first kappa shape index (κ1) is 13.0. The zero-order valence-corrected chi connectivity index (χ0v) is 11.8. The van der Waals surface area contributed by atoms with Gasteiger partial charge in [0.15, 0.2) is 0 Å². The summed E-state index contributed by atoms with van der Waals surface area (Å²) < 4.78 is 5.03. The molecule has 0 unspecified atom stereocenters. The van der Waals surface area contributed by atoms with Crippen LogP contribution in [0.15, 0.2) is 36.4 Å². The minimum Gasteiger partial charge on any atom is -0.466 e. The lowest BCUT2D eigenvalue weighted by molar-refractivity contribution is -0.142. The van der Waals surface area contributed by atoms with Crippen LogP contribution in [0, 0.1) is 0 Å². The Hall–Kier alpha value is -2.00. The molecule has 1 heterocycles. The number of nitrogens with one attached hydrogen (secondary N) is 1. The molecule has 3 rings (SSSR count). The maximum atomic E-state index is 11.7. The van der Waals surface area contributed by atoms with Gasteiger partial charge in [0, 0.05) is 26.8 Å². The first-order chi connectivity index (χ1) is 9.69. The van der Waals surface area contributed by atoms with Crippen LogP contribution < -0.4 is 0 Å². The summed E-state index contributed by atoms with van der Waals surface area (Å²) in [5.41, 5.74) is 2.97. The van der Waals surface area contributed by atoms with Crippen molar-refractivity contribution in [3.8, 4) is 0 Å². The topological polar surface area (TPSA) is 42.1 Å². The molecule has 1 aromatic heterocycles. The van der Waals surface area contributed by atoms with E-state index in [4.69, 9.17) is 16.3 Å². The fourth-order valence-electron chi connectivity index (χ4n) is 2.51. The molecule has 0 amide bonds. The molecule has 0 fully saturated rings. The maximum Gasteiger partial charge on any atom is 0.310 e. The number of carbonyl (C=O) groups is 1. The summed E-state index contributed by atoms with van der Waals surface area (Å²) in [4.78, 5) is 15.1. The first-order valence-electron chi connectivity index (χ1n) is 6.53. The number of H-pyrrole nitrogens is 1. The van der Waals surface area contributed by atoms with Crippen LogP contribution >= 0.6 is 11.6 Å². The van der Waals surface area contributed by atoms with Gasteiger partial charge in [0.05, 0.1) is 13.0 Å². The normalized spacial score (nSPS) is 11.1. The van der Waals surface area contributed by atoms with Crippen molar-refractivity contribution < 1.29 is 9.53 Å². The van der Waals surface area contributed by atoms with Gasteiger partial charge in [-0.2, -0.15) is 0 Å². The van der Waals surface area contributed by atoms with Gasteiger partial charge >= 0.3 is 5.97 Å². The molecule has 0 bridgehead atoms. The van der Waals surface area contributed by atoms with Crippen LogP contribution in [0.1, 0.15) is 12.5 Å². The molecular weight excluding hydrogens is 274 g/mol. The number of rotatable bonds is 3. The number of hydrogen-bond donors (Lipinski definition) is 1. The van der Waals surface area contributed by atoms with Crippen molar-refractivity contribution in [2.75, 3.05) is 6.61 Å². The summed E-state index contributed by atoms with van der Waals surface area (Å²) in [6.45, 7) is 2.21. The van der Waals surface area contributed by atoms with Crippen LogP contribution in [0.5, 0.6) is 0 Å². The van der Waals surface area contributed by atoms with Crippen molar-refractivity contribution in [3.63, 3.8) is 0 Å². The van der Waals surface area contributed by atoms with Crippen LogP contribution in [0.25, 0.3) is 21.8 Å². The van der Waals surface area contributed by atoms with Crippen molar-refractivity contribution in [3.05, 3.63) is 47.0 Å². The third-order valence-corrected chi connectivity index (χ3v) is 3.55. The predicted octanol–water partition coefficient (Wildman–Crippen LogP) is 4.08. The summed E-state index contributed by atoms with van der Waals surface area (Å²) in [5, 5.41) is 2.76. The number of halogens is 1. The first-order valence-corrected chi connectivity index (χ1v) is 6.91. The minimum absolute atomic E-state index is 0.212. The fraction of sp³-hybridized carbons (Fsp3) is 0.188. The summed E-state index contributed by atoms with van der Waals surface area (Å²) in [6, 6.07) is 11.6. The molecule has 102 valence electrons. The SMILES string of the molecule is CCOC(=O)Cc1cccc2[nH]c3ccc(Cl)cc3c12. The molecule has 20 heavy (non-hydrogen) atoms. The van der Waals surface area contributed by atoms with Gasteiger partial charge in [0.1, 0.15) is 0 Å². The van der Waals surface area contributed by atoms with E-state index >= 15 is 0 Å². The van der Waals surface area contributed by atoms with Crippen LogP contribution in [-0.2, 0) is 16.0 Å². The Balaban J connectivity index is 2.19. The van der Waals surface area contributed by atoms with Crippen molar-refractivity contribution in [2.45, 2.75) is 13.3 Å². The molecular formula is C16H14ClNO2. The Morgan fingerprint density at radius 3 is 2.90 bits per heavy atom. The molecule has 3 nitrogen and oxygen atoms in total. The van der Waals surface area contributed by atoms with Crippen LogP contribution in [0.2, 0.25) is 5.02 Å². The zero-order valence-electron chi connectivity index (χ0n) is 11.1. The smallest absolute Gasteiger partial charge is 0.310 e. The lowest BCUT2D eigenvalue weighted by Crippen LogP contribution is -2.07.